The van der Waals surface area contributed by atoms with Crippen LogP contribution in [0.25, 0.3) is 0 Å². The van der Waals surface area contributed by atoms with Gasteiger partial charge in [0.1, 0.15) is 5.69 Å². The van der Waals surface area contributed by atoms with Gasteiger partial charge in [-0.05, 0) is 37.8 Å². The summed E-state index contributed by atoms with van der Waals surface area (Å²) in [7, 11) is 0. The molecule has 0 spiro atoms. The zero-order valence-corrected chi connectivity index (χ0v) is 17.2. The van der Waals surface area contributed by atoms with Crippen molar-refractivity contribution in [3.05, 3.63) is 24.0 Å². The topological polar surface area (TPSA) is 39.7 Å². The summed E-state index contributed by atoms with van der Waals surface area (Å²) in [6.07, 6.45) is 2.28. The molecule has 162 valence electrons. The zero-order valence-electron chi connectivity index (χ0n) is 16.4. The van der Waals surface area contributed by atoms with E-state index in [1.807, 2.05) is 9.80 Å². The minimum atomic E-state index is -4.46. The molecule has 1 atom stereocenters. The number of pyridine rings is 1. The molecule has 1 amide bonds. The van der Waals surface area contributed by atoms with E-state index in [0.717, 1.165) is 38.7 Å². The molecule has 0 aromatic carbocycles. The fourth-order valence-corrected chi connectivity index (χ4v) is 4.50. The summed E-state index contributed by atoms with van der Waals surface area (Å²) in [5.74, 6) is 0.0146. The van der Waals surface area contributed by atoms with Gasteiger partial charge in [0.15, 0.2) is 0 Å². The van der Waals surface area contributed by atoms with Crippen LogP contribution >= 0.6 is 12.4 Å². The Morgan fingerprint density at radius 2 is 1.83 bits per heavy atom. The summed E-state index contributed by atoms with van der Waals surface area (Å²) in [6.45, 7) is 4.61. The number of rotatable bonds is 3. The van der Waals surface area contributed by atoms with E-state index in [1.54, 1.807) is 6.07 Å². The lowest BCUT2D eigenvalue weighted by molar-refractivity contribution is -0.141. The Morgan fingerprint density at radius 1 is 1.03 bits per heavy atom. The Bertz CT molecular complexity index is 713. The van der Waals surface area contributed by atoms with E-state index in [4.69, 9.17) is 0 Å². The highest BCUT2D eigenvalue weighted by molar-refractivity contribution is 5.85. The predicted octanol–water partition coefficient (Wildman–Crippen LogP) is 3.44. The van der Waals surface area contributed by atoms with Crippen molar-refractivity contribution in [2.24, 2.45) is 5.92 Å². The molecule has 4 rings (SSSR count). The van der Waals surface area contributed by atoms with Crippen LogP contribution < -0.4 is 4.90 Å². The summed E-state index contributed by atoms with van der Waals surface area (Å²) < 4.78 is 38.7. The highest BCUT2D eigenvalue weighted by atomic mass is 35.5. The number of carbonyl (C=O) groups excluding carboxylic acids is 1. The van der Waals surface area contributed by atoms with Crippen molar-refractivity contribution in [1.29, 1.82) is 0 Å². The maximum absolute atomic E-state index is 13.0. The number of aromatic nitrogens is 1. The van der Waals surface area contributed by atoms with Gasteiger partial charge in [-0.3, -0.25) is 14.7 Å². The standard InChI is InChI=1S/C20H27F3N4O.ClH/c21-20(22,23)18-13-17(5-7-24-18)27-10-6-15(14-27)19(28)26-9-2-8-25(11-12-26)16-3-1-4-16;/h5,7,13,15-16H,1-4,6,8-12,14H2;1H/t15-;/m1./s1. The summed E-state index contributed by atoms with van der Waals surface area (Å²) in [4.78, 5) is 22.8. The van der Waals surface area contributed by atoms with Crippen molar-refractivity contribution in [3.8, 4) is 0 Å². The van der Waals surface area contributed by atoms with Crippen molar-refractivity contribution in [2.75, 3.05) is 44.2 Å². The number of hydrogen-bond acceptors (Lipinski definition) is 4. The molecule has 2 aliphatic heterocycles. The van der Waals surface area contributed by atoms with Gasteiger partial charge in [-0.25, -0.2) is 0 Å². The van der Waals surface area contributed by atoms with Crippen LogP contribution in [0.5, 0.6) is 0 Å². The number of alkyl halides is 3. The smallest absolute Gasteiger partial charge is 0.371 e. The molecular weight excluding hydrogens is 405 g/mol. The minimum Gasteiger partial charge on any atom is -0.371 e. The molecule has 1 aromatic rings. The van der Waals surface area contributed by atoms with Crippen LogP contribution in [-0.4, -0.2) is 66.0 Å². The second-order valence-corrected chi connectivity index (χ2v) is 8.13. The molecule has 1 saturated carbocycles. The van der Waals surface area contributed by atoms with Crippen LogP contribution in [0.4, 0.5) is 18.9 Å². The van der Waals surface area contributed by atoms with Crippen LogP contribution in [-0.2, 0) is 11.0 Å². The maximum Gasteiger partial charge on any atom is 0.433 e. The van der Waals surface area contributed by atoms with Crippen molar-refractivity contribution in [1.82, 2.24) is 14.8 Å². The normalized spacial score (nSPS) is 24.0. The molecule has 9 heteroatoms. The summed E-state index contributed by atoms with van der Waals surface area (Å²) in [5.41, 5.74) is -0.395. The first kappa shape index (κ1) is 22.2. The fourth-order valence-electron chi connectivity index (χ4n) is 4.50. The van der Waals surface area contributed by atoms with Gasteiger partial charge in [0.05, 0.1) is 5.92 Å². The molecule has 0 unspecified atom stereocenters. The van der Waals surface area contributed by atoms with Crippen LogP contribution in [0.2, 0.25) is 0 Å². The van der Waals surface area contributed by atoms with Crippen molar-refractivity contribution >= 4 is 24.0 Å². The number of halogens is 4. The second-order valence-electron chi connectivity index (χ2n) is 8.13. The summed E-state index contributed by atoms with van der Waals surface area (Å²) in [5, 5.41) is 0. The number of amides is 1. The SMILES string of the molecule is Cl.O=C([C@@H]1CCN(c2ccnc(C(F)(F)F)c2)C1)N1CCCN(C2CCC2)CC1. The molecule has 1 aromatic heterocycles. The van der Waals surface area contributed by atoms with Gasteiger partial charge in [0.25, 0.3) is 0 Å². The van der Waals surface area contributed by atoms with Gasteiger partial charge in [0, 0.05) is 57.2 Å². The van der Waals surface area contributed by atoms with Crippen LogP contribution in [0.1, 0.15) is 37.8 Å². The first-order valence-corrected chi connectivity index (χ1v) is 10.2. The van der Waals surface area contributed by atoms with E-state index >= 15 is 0 Å². The first-order chi connectivity index (χ1) is 13.4. The Labute approximate surface area is 175 Å². The van der Waals surface area contributed by atoms with Gasteiger partial charge in [-0.2, -0.15) is 13.2 Å². The molecule has 0 N–H and O–H groups in total. The number of nitrogens with zero attached hydrogens (tertiary/aromatic N) is 4. The van der Waals surface area contributed by atoms with Gasteiger partial charge in [0.2, 0.25) is 5.91 Å². The highest BCUT2D eigenvalue weighted by Gasteiger charge is 2.36. The predicted molar refractivity (Wildman–Crippen MR) is 107 cm³/mol. The monoisotopic (exact) mass is 432 g/mol. The third-order valence-corrected chi connectivity index (χ3v) is 6.37. The quantitative estimate of drug-likeness (QED) is 0.733. The highest BCUT2D eigenvalue weighted by Crippen LogP contribution is 2.32. The average molecular weight is 433 g/mol. The number of hydrogen-bond donors (Lipinski definition) is 0. The minimum absolute atomic E-state index is 0. The number of anilines is 1. The number of carbonyl (C=O) groups is 1. The molecule has 3 heterocycles. The lowest BCUT2D eigenvalue weighted by Gasteiger charge is -2.36. The Morgan fingerprint density at radius 3 is 2.52 bits per heavy atom. The van der Waals surface area contributed by atoms with Gasteiger partial charge in [-0.15, -0.1) is 12.4 Å². The Hall–Kier alpha value is -1.54. The van der Waals surface area contributed by atoms with E-state index < -0.39 is 11.9 Å². The van der Waals surface area contributed by atoms with Gasteiger partial charge >= 0.3 is 6.18 Å². The van der Waals surface area contributed by atoms with Gasteiger partial charge < -0.3 is 9.80 Å². The molecule has 3 fully saturated rings. The molecule has 2 saturated heterocycles. The lowest BCUT2D eigenvalue weighted by Crippen LogP contribution is -2.43. The van der Waals surface area contributed by atoms with E-state index in [1.165, 1.54) is 25.5 Å². The molecular formula is C20H28ClF3N4O. The van der Waals surface area contributed by atoms with Crippen LogP contribution in [0.3, 0.4) is 0 Å². The fraction of sp³-hybridized carbons (Fsp3) is 0.700. The summed E-state index contributed by atoms with van der Waals surface area (Å²) >= 11 is 0. The van der Waals surface area contributed by atoms with Gasteiger partial charge in [-0.1, -0.05) is 6.42 Å². The molecule has 5 nitrogen and oxygen atoms in total. The maximum atomic E-state index is 13.0. The average Bonchev–Trinajstić information content (AvgIpc) is 3.00. The largest absolute Gasteiger partial charge is 0.433 e. The van der Waals surface area contributed by atoms with E-state index in [9.17, 15) is 18.0 Å². The Balaban J connectivity index is 0.00000240. The Kier molecular flexibility index (Phi) is 6.94. The molecule has 0 bridgehead atoms. The third kappa shape index (κ3) is 4.97. The molecule has 0 radical (unpaired) electrons. The van der Waals surface area contributed by atoms with Crippen molar-refractivity contribution in [2.45, 2.75) is 44.3 Å². The van der Waals surface area contributed by atoms with Crippen molar-refractivity contribution < 1.29 is 18.0 Å². The first-order valence-electron chi connectivity index (χ1n) is 10.2. The molecule has 3 aliphatic rings. The zero-order chi connectivity index (χ0) is 19.7. The van der Waals surface area contributed by atoms with E-state index in [0.29, 0.717) is 31.2 Å². The van der Waals surface area contributed by atoms with E-state index in [-0.39, 0.29) is 24.2 Å². The van der Waals surface area contributed by atoms with E-state index in [2.05, 4.69) is 9.88 Å². The van der Waals surface area contributed by atoms with Crippen molar-refractivity contribution in [3.63, 3.8) is 0 Å². The third-order valence-electron chi connectivity index (χ3n) is 6.37. The summed E-state index contributed by atoms with van der Waals surface area (Å²) in [6, 6.07) is 3.37. The van der Waals surface area contributed by atoms with Crippen LogP contribution in [0.15, 0.2) is 18.3 Å². The molecule has 1 aliphatic carbocycles. The molecule has 29 heavy (non-hydrogen) atoms. The second kappa shape index (κ2) is 9.08. The van der Waals surface area contributed by atoms with Crippen LogP contribution in [0, 0.1) is 5.92 Å². The lowest BCUT2D eigenvalue weighted by atomic mass is 9.91.